The minimum Gasteiger partial charge on any atom is -0.482 e. The van der Waals surface area contributed by atoms with E-state index in [1.54, 1.807) is 6.92 Å². The Labute approximate surface area is 132 Å². The summed E-state index contributed by atoms with van der Waals surface area (Å²) in [5.41, 5.74) is 0.960. The van der Waals surface area contributed by atoms with Crippen molar-refractivity contribution >= 4 is 11.8 Å². The number of hydrogen-bond acceptors (Lipinski definition) is 5. The van der Waals surface area contributed by atoms with Gasteiger partial charge in [-0.15, -0.1) is 0 Å². The number of hydrogen-bond donors (Lipinski definition) is 1. The van der Waals surface area contributed by atoms with E-state index in [0.717, 1.165) is 5.56 Å². The largest absolute Gasteiger partial charge is 0.511 e. The van der Waals surface area contributed by atoms with Crippen LogP contribution in [0.4, 0.5) is 10.5 Å². The topological polar surface area (TPSA) is 98.9 Å². The second kappa shape index (κ2) is 7.26. The molecule has 0 radical (unpaired) electrons. The zero-order valence-corrected chi connectivity index (χ0v) is 12.4. The molecule has 0 saturated heterocycles. The normalized spacial score (nSPS) is 10.1. The average Bonchev–Trinajstić information content (AvgIpc) is 2.53. The first-order valence-corrected chi connectivity index (χ1v) is 6.90. The van der Waals surface area contributed by atoms with Gasteiger partial charge >= 0.3 is 11.8 Å². The lowest BCUT2D eigenvalue weighted by atomic mass is 10.1. The standard InChI is InChI=1S/C16H15NO6/c1-2-12-14(23-16(18)19)9-8-13(17(20)21)15(12)22-10-11-6-4-3-5-7-11/h3-9H,2,10H2,1H3,(H,18,19). The molecule has 7 nitrogen and oxygen atoms in total. The van der Waals surface area contributed by atoms with Crippen molar-refractivity contribution in [2.45, 2.75) is 20.0 Å². The molecule has 0 bridgehead atoms. The quantitative estimate of drug-likeness (QED) is 0.376. The molecule has 0 unspecified atom stereocenters. The predicted molar refractivity (Wildman–Crippen MR) is 81.9 cm³/mol. The highest BCUT2D eigenvalue weighted by molar-refractivity contribution is 5.65. The minimum absolute atomic E-state index is 0.0279. The Hall–Kier alpha value is -3.09. The number of carboxylic acid groups (broad SMARTS) is 1. The average molecular weight is 317 g/mol. The van der Waals surface area contributed by atoms with Crippen molar-refractivity contribution in [2.24, 2.45) is 0 Å². The van der Waals surface area contributed by atoms with Gasteiger partial charge in [0.15, 0.2) is 0 Å². The second-order valence-corrected chi connectivity index (χ2v) is 4.64. The van der Waals surface area contributed by atoms with Crippen molar-refractivity contribution in [3.05, 3.63) is 63.7 Å². The molecule has 0 amide bonds. The molecule has 0 aliphatic rings. The maximum Gasteiger partial charge on any atom is 0.511 e. The third kappa shape index (κ3) is 3.97. The zero-order valence-electron chi connectivity index (χ0n) is 12.4. The monoisotopic (exact) mass is 317 g/mol. The van der Waals surface area contributed by atoms with Gasteiger partial charge in [0.1, 0.15) is 12.4 Å². The lowest BCUT2D eigenvalue weighted by Crippen LogP contribution is -2.08. The summed E-state index contributed by atoms with van der Waals surface area (Å²) in [7, 11) is 0. The van der Waals surface area contributed by atoms with Gasteiger partial charge < -0.3 is 14.6 Å². The van der Waals surface area contributed by atoms with Crippen LogP contribution in [0.15, 0.2) is 42.5 Å². The van der Waals surface area contributed by atoms with Crippen LogP contribution in [-0.2, 0) is 13.0 Å². The van der Waals surface area contributed by atoms with E-state index in [1.807, 2.05) is 30.3 Å². The van der Waals surface area contributed by atoms with Crippen molar-refractivity contribution in [2.75, 3.05) is 0 Å². The summed E-state index contributed by atoms with van der Waals surface area (Å²) in [6, 6.07) is 11.6. The van der Waals surface area contributed by atoms with E-state index in [2.05, 4.69) is 4.74 Å². The third-order valence-electron chi connectivity index (χ3n) is 3.17. The lowest BCUT2D eigenvalue weighted by Gasteiger charge is -2.14. The van der Waals surface area contributed by atoms with Crippen LogP contribution in [0, 0.1) is 10.1 Å². The van der Waals surface area contributed by atoms with Crippen LogP contribution < -0.4 is 9.47 Å². The molecule has 2 rings (SSSR count). The van der Waals surface area contributed by atoms with Gasteiger partial charge in [-0.1, -0.05) is 37.3 Å². The highest BCUT2D eigenvalue weighted by Crippen LogP contribution is 2.38. The van der Waals surface area contributed by atoms with Crippen LogP contribution in [0.25, 0.3) is 0 Å². The molecule has 2 aromatic rings. The van der Waals surface area contributed by atoms with Crippen molar-refractivity contribution in [3.63, 3.8) is 0 Å². The van der Waals surface area contributed by atoms with Gasteiger partial charge in [-0.05, 0) is 18.1 Å². The first-order chi connectivity index (χ1) is 11.0. The first-order valence-electron chi connectivity index (χ1n) is 6.90. The summed E-state index contributed by atoms with van der Waals surface area (Å²) in [5, 5.41) is 20.0. The summed E-state index contributed by atoms with van der Waals surface area (Å²) < 4.78 is 10.3. The molecular weight excluding hydrogens is 302 g/mol. The van der Waals surface area contributed by atoms with E-state index < -0.39 is 11.1 Å². The Kier molecular flexibility index (Phi) is 5.14. The van der Waals surface area contributed by atoms with E-state index in [1.165, 1.54) is 12.1 Å². The van der Waals surface area contributed by atoms with Gasteiger partial charge in [0.25, 0.3) is 0 Å². The first kappa shape index (κ1) is 16.3. The van der Waals surface area contributed by atoms with E-state index in [4.69, 9.17) is 9.84 Å². The molecule has 0 aliphatic heterocycles. The number of nitrogens with zero attached hydrogens (tertiary/aromatic N) is 1. The van der Waals surface area contributed by atoms with Crippen LogP contribution in [0.1, 0.15) is 18.1 Å². The molecule has 0 heterocycles. The Balaban J connectivity index is 2.40. The van der Waals surface area contributed by atoms with Gasteiger partial charge in [0, 0.05) is 11.6 Å². The second-order valence-electron chi connectivity index (χ2n) is 4.64. The van der Waals surface area contributed by atoms with Gasteiger partial charge in [-0.3, -0.25) is 10.1 Å². The third-order valence-corrected chi connectivity index (χ3v) is 3.17. The predicted octanol–water partition coefficient (Wildman–Crippen LogP) is 3.79. The summed E-state index contributed by atoms with van der Waals surface area (Å²) in [6.07, 6.45) is -1.16. The molecule has 2 aromatic carbocycles. The molecule has 0 saturated carbocycles. The summed E-state index contributed by atoms with van der Waals surface area (Å²) in [6.45, 7) is 1.87. The highest BCUT2D eigenvalue weighted by atomic mass is 16.7. The molecule has 0 spiro atoms. The summed E-state index contributed by atoms with van der Waals surface area (Å²) in [5.74, 6) is 0.0637. The fourth-order valence-electron chi connectivity index (χ4n) is 2.16. The number of nitro benzene ring substituents is 1. The molecule has 7 heteroatoms. The molecule has 0 aromatic heterocycles. The van der Waals surface area contributed by atoms with Gasteiger partial charge in [0.2, 0.25) is 5.75 Å². The molecule has 0 atom stereocenters. The van der Waals surface area contributed by atoms with Crippen LogP contribution in [-0.4, -0.2) is 16.2 Å². The Morgan fingerprint density at radius 1 is 1.22 bits per heavy atom. The van der Waals surface area contributed by atoms with Crippen molar-refractivity contribution in [1.82, 2.24) is 0 Å². The fourth-order valence-corrected chi connectivity index (χ4v) is 2.16. The van der Waals surface area contributed by atoms with E-state index in [0.29, 0.717) is 12.0 Å². The lowest BCUT2D eigenvalue weighted by molar-refractivity contribution is -0.386. The van der Waals surface area contributed by atoms with Gasteiger partial charge in [-0.2, -0.15) is 0 Å². The number of nitro groups is 1. The maximum atomic E-state index is 11.2. The Bertz CT molecular complexity index is 714. The van der Waals surface area contributed by atoms with Gasteiger partial charge in [0.05, 0.1) is 4.92 Å². The Morgan fingerprint density at radius 2 is 1.91 bits per heavy atom. The van der Waals surface area contributed by atoms with E-state index in [-0.39, 0.29) is 23.8 Å². The van der Waals surface area contributed by atoms with Crippen LogP contribution in [0.2, 0.25) is 0 Å². The molecule has 23 heavy (non-hydrogen) atoms. The van der Waals surface area contributed by atoms with Crippen molar-refractivity contribution in [3.8, 4) is 11.5 Å². The number of carbonyl (C=O) groups is 1. The van der Waals surface area contributed by atoms with Crippen LogP contribution in [0.3, 0.4) is 0 Å². The van der Waals surface area contributed by atoms with Crippen molar-refractivity contribution in [1.29, 1.82) is 0 Å². The highest BCUT2D eigenvalue weighted by Gasteiger charge is 2.23. The number of benzene rings is 2. The maximum absolute atomic E-state index is 11.2. The smallest absolute Gasteiger partial charge is 0.482 e. The summed E-state index contributed by atoms with van der Waals surface area (Å²) in [4.78, 5) is 21.4. The molecule has 1 N–H and O–H groups in total. The number of rotatable bonds is 6. The molecule has 0 aliphatic carbocycles. The summed E-state index contributed by atoms with van der Waals surface area (Å²) >= 11 is 0. The fraction of sp³-hybridized carbons (Fsp3) is 0.188. The Morgan fingerprint density at radius 3 is 2.48 bits per heavy atom. The zero-order chi connectivity index (χ0) is 16.8. The number of ether oxygens (including phenoxy) is 2. The minimum atomic E-state index is -1.48. The van der Waals surface area contributed by atoms with Crippen molar-refractivity contribution < 1.29 is 24.3 Å². The van der Waals surface area contributed by atoms with E-state index in [9.17, 15) is 14.9 Å². The van der Waals surface area contributed by atoms with Crippen LogP contribution >= 0.6 is 0 Å². The van der Waals surface area contributed by atoms with Gasteiger partial charge in [-0.25, -0.2) is 4.79 Å². The van der Waals surface area contributed by atoms with Crippen LogP contribution in [0.5, 0.6) is 11.5 Å². The van der Waals surface area contributed by atoms with E-state index >= 15 is 0 Å². The molecular formula is C16H15NO6. The molecule has 0 fully saturated rings. The SMILES string of the molecule is CCc1c(OC(=O)O)ccc([N+](=O)[O-])c1OCc1ccccc1. The molecule has 120 valence electrons.